The Balaban J connectivity index is 0.000000221. The molecule has 6 rings (SSSR count). The molecular formula is C37H52Cl6N10O4Si. The van der Waals surface area contributed by atoms with Crippen LogP contribution < -0.4 is 31.9 Å². The summed E-state index contributed by atoms with van der Waals surface area (Å²) >= 11 is 34.2. The van der Waals surface area contributed by atoms with Gasteiger partial charge in [-0.25, -0.2) is 9.98 Å². The van der Waals surface area contributed by atoms with Crippen molar-refractivity contribution in [3.63, 3.8) is 0 Å². The van der Waals surface area contributed by atoms with Gasteiger partial charge in [0.05, 0.1) is 41.9 Å². The highest BCUT2D eigenvalue weighted by Gasteiger charge is 2.60. The van der Waals surface area contributed by atoms with Crippen LogP contribution in [0, 0.1) is 0 Å². The average Bonchev–Trinajstić information content (AvgIpc) is 3.84. The third-order valence-electron chi connectivity index (χ3n) is 9.84. The summed E-state index contributed by atoms with van der Waals surface area (Å²) in [5.74, 6) is -0.262. The van der Waals surface area contributed by atoms with E-state index in [1.54, 1.807) is 11.0 Å². The van der Waals surface area contributed by atoms with Gasteiger partial charge < -0.3 is 30.9 Å². The second-order valence-electron chi connectivity index (χ2n) is 15.5. The summed E-state index contributed by atoms with van der Waals surface area (Å²) in [6.45, 7) is 27.7. The summed E-state index contributed by atoms with van der Waals surface area (Å²) in [5, 5.41) is 18.5. The first-order valence-corrected chi connectivity index (χ1v) is 24.6. The maximum atomic E-state index is 12.2. The van der Waals surface area contributed by atoms with Crippen molar-refractivity contribution in [2.24, 2.45) is 9.98 Å². The Bertz CT molecular complexity index is 1790. The molecule has 8 atom stereocenters. The van der Waals surface area contributed by atoms with Gasteiger partial charge in [-0.3, -0.25) is 29.9 Å². The van der Waals surface area contributed by atoms with Crippen molar-refractivity contribution >= 4 is 107 Å². The van der Waals surface area contributed by atoms with Crippen LogP contribution in [0.25, 0.3) is 0 Å². The number of allylic oxidation sites excluding steroid dienone is 1. The maximum absolute atomic E-state index is 12.2. The van der Waals surface area contributed by atoms with Crippen molar-refractivity contribution in [2.45, 2.75) is 121 Å². The van der Waals surface area contributed by atoms with Crippen LogP contribution in [0.5, 0.6) is 0 Å². The van der Waals surface area contributed by atoms with E-state index in [2.05, 4.69) is 95.0 Å². The molecule has 2 saturated heterocycles. The third kappa shape index (κ3) is 10.3. The molecule has 0 saturated carbocycles. The monoisotopic (exact) mass is 938 g/mol. The average molecular weight is 942 g/mol. The second kappa shape index (κ2) is 18.3. The molecule has 6 heterocycles. The van der Waals surface area contributed by atoms with Crippen LogP contribution in [0.2, 0.25) is 25.7 Å². The summed E-state index contributed by atoms with van der Waals surface area (Å²) in [6, 6.07) is 0.708. The largest absolute Gasteiger partial charge is 0.438 e. The predicted molar refractivity (Wildman–Crippen MR) is 238 cm³/mol. The lowest BCUT2D eigenvalue weighted by atomic mass is 9.91. The van der Waals surface area contributed by atoms with Crippen LogP contribution in [-0.2, 0) is 19.1 Å². The molecule has 0 radical (unpaired) electrons. The van der Waals surface area contributed by atoms with E-state index in [9.17, 15) is 14.4 Å². The molecule has 2 amide bonds. The Hall–Kier alpha value is -3.05. The lowest BCUT2D eigenvalue weighted by molar-refractivity contribution is -0.151. The van der Waals surface area contributed by atoms with Crippen LogP contribution in [0.1, 0.15) is 40.0 Å². The normalized spacial score (nSPS) is 30.1. The van der Waals surface area contributed by atoms with Gasteiger partial charge in [0.25, 0.3) is 19.4 Å². The van der Waals surface area contributed by atoms with Crippen LogP contribution in [0.3, 0.4) is 0 Å². The zero-order valence-corrected chi connectivity index (χ0v) is 38.8. The third-order valence-corrected chi connectivity index (χ3v) is 12.4. The highest BCUT2D eigenvalue weighted by molar-refractivity contribution is 6.77. The number of hydrogen-bond acceptors (Lipinski definition) is 12. The molecule has 58 heavy (non-hydrogen) atoms. The topological polar surface area (TPSA) is 164 Å². The number of hydrogen-bond donors (Lipinski definition) is 6. The fraction of sp³-hybridized carbons (Fsp3) is 0.541. The molecule has 0 aliphatic carbocycles. The minimum Gasteiger partial charge on any atom is -0.438 e. The highest BCUT2D eigenvalue weighted by atomic mass is 35.6. The Morgan fingerprint density at radius 3 is 1.66 bits per heavy atom. The minimum atomic E-state index is -2.16. The van der Waals surface area contributed by atoms with Crippen molar-refractivity contribution in [3.8, 4) is 0 Å². The number of carbonyl (C=O) groups excluding carboxylic acids is 3. The van der Waals surface area contributed by atoms with Crippen LogP contribution >= 0.6 is 69.6 Å². The number of carbonyl (C=O) groups is 3. The molecule has 0 unspecified atom stereocenters. The van der Waals surface area contributed by atoms with Gasteiger partial charge in [-0.2, -0.15) is 0 Å². The van der Waals surface area contributed by atoms with E-state index < -0.39 is 51.0 Å². The number of amides is 2. The zero-order chi connectivity index (χ0) is 43.6. The molecule has 320 valence electrons. The molecule has 14 nitrogen and oxygen atoms in total. The number of nitrogens with one attached hydrogen (secondary N) is 6. The molecule has 21 heteroatoms. The molecule has 6 aliphatic rings. The van der Waals surface area contributed by atoms with Crippen LogP contribution in [0.15, 0.2) is 84.4 Å². The van der Waals surface area contributed by atoms with Crippen molar-refractivity contribution in [3.05, 3.63) is 74.4 Å². The van der Waals surface area contributed by atoms with E-state index in [0.29, 0.717) is 30.4 Å². The Kier molecular flexibility index (Phi) is 15.0. The number of nitrogens with zero attached hydrogens (tertiary/aromatic N) is 4. The van der Waals surface area contributed by atoms with E-state index in [1.165, 1.54) is 13.0 Å². The van der Waals surface area contributed by atoms with Gasteiger partial charge in [-0.15, -0.1) is 13.2 Å². The summed E-state index contributed by atoms with van der Waals surface area (Å²) in [5.41, 5.74) is -1.40. The number of esters is 1. The number of ether oxygens (including phenoxy) is 1. The van der Waals surface area contributed by atoms with Crippen molar-refractivity contribution in [2.75, 3.05) is 0 Å². The van der Waals surface area contributed by atoms with E-state index in [0.717, 1.165) is 6.42 Å². The van der Waals surface area contributed by atoms with Gasteiger partial charge in [-0.05, 0) is 43.5 Å². The standard InChI is InChI=1S/C16H20Cl3N5O.C15H18Cl3N5O3.C6H14Si/c1-4-6-10-7-8-15-12(20-9(3)23-15)11(5-2)21-14(24(10)15)22-13(25)16(17,18)19;1-4-9-11-14(22-7(2)19-11)6-5-10(26-8(3)24)23(14)13(20-9)21-12(25)15(16,17)18;1-5-6-7(2,3)4/h4,7-8,10-12,20,23H,1,3,5-6H2,2H3,(H,21,22,25);5-6,9-11,19,22H,2,4H2,1,3H3,(H,20,21,25);5H,1,6H2,2-4H3/t10-,11-,12-,15+;9-,10+,11-,14+;/m00./s1. The van der Waals surface area contributed by atoms with Crippen molar-refractivity contribution < 1.29 is 19.1 Å². The number of halogens is 6. The van der Waals surface area contributed by atoms with Gasteiger partial charge in [0.15, 0.2) is 17.6 Å². The second-order valence-corrected chi connectivity index (χ2v) is 25.6. The van der Waals surface area contributed by atoms with Gasteiger partial charge in [0.1, 0.15) is 0 Å². The molecule has 0 aromatic carbocycles. The number of guanidine groups is 2. The minimum absolute atomic E-state index is 0.0236. The predicted octanol–water partition coefficient (Wildman–Crippen LogP) is 5.79. The zero-order valence-electron chi connectivity index (χ0n) is 33.3. The summed E-state index contributed by atoms with van der Waals surface area (Å²) in [6.07, 6.45) is 12.9. The SMILES string of the molecule is C=C1N[C@H]2[C@H](CC)N=C(NC(=O)C(Cl)(Cl)Cl)N3[C@H](OC(C)=O)C=C[C@]23N1.C=CC[C@H]1C=C[C@]23NC(=C)N[C@H]2[C@H](CC)N=C(NC(=O)C(Cl)(Cl)Cl)N13.C=CC[Si](C)(C)C. The molecule has 0 bridgehead atoms. The lowest BCUT2D eigenvalue weighted by Gasteiger charge is -2.48. The molecule has 0 aromatic heterocycles. The van der Waals surface area contributed by atoms with E-state index in [4.69, 9.17) is 79.3 Å². The first-order valence-electron chi connectivity index (χ1n) is 18.6. The van der Waals surface area contributed by atoms with Gasteiger partial charge in [-0.1, -0.05) is 134 Å². The molecule has 2 spiro atoms. The fourth-order valence-electron chi connectivity index (χ4n) is 7.55. The van der Waals surface area contributed by atoms with E-state index in [1.807, 2.05) is 37.0 Å². The Morgan fingerprint density at radius 1 is 0.828 bits per heavy atom. The Labute approximate surface area is 371 Å². The molecule has 6 N–H and O–H groups in total. The summed E-state index contributed by atoms with van der Waals surface area (Å²) in [4.78, 5) is 48.9. The van der Waals surface area contributed by atoms with Gasteiger partial charge in [0.2, 0.25) is 11.9 Å². The molecular weight excluding hydrogens is 889 g/mol. The number of alkyl halides is 6. The van der Waals surface area contributed by atoms with E-state index in [-0.39, 0.29) is 36.2 Å². The van der Waals surface area contributed by atoms with Crippen molar-refractivity contribution in [1.82, 2.24) is 41.7 Å². The number of rotatable bonds is 7. The molecule has 6 aliphatic heterocycles. The first-order chi connectivity index (χ1) is 26.9. The number of aliphatic imine (C=N–C) groups is 2. The lowest BCUT2D eigenvalue weighted by Crippen LogP contribution is -2.71. The van der Waals surface area contributed by atoms with Gasteiger partial charge >= 0.3 is 5.97 Å². The van der Waals surface area contributed by atoms with Crippen LogP contribution in [-0.4, -0.2) is 103 Å². The highest BCUT2D eigenvalue weighted by Crippen LogP contribution is 2.41. The van der Waals surface area contributed by atoms with Crippen molar-refractivity contribution in [1.29, 1.82) is 0 Å². The molecule has 2 fully saturated rings. The molecule has 0 aromatic rings. The summed E-state index contributed by atoms with van der Waals surface area (Å²) in [7, 11) is -0.775. The Morgan fingerprint density at radius 2 is 1.28 bits per heavy atom. The quantitative estimate of drug-likeness (QED) is 0.0798. The first kappa shape index (κ1) is 47.6. The van der Waals surface area contributed by atoms with E-state index >= 15 is 0 Å². The van der Waals surface area contributed by atoms with Crippen LogP contribution in [0.4, 0.5) is 0 Å². The smallest absolute Gasteiger partial charge is 0.304 e. The summed E-state index contributed by atoms with van der Waals surface area (Å²) < 4.78 is 1.12. The van der Waals surface area contributed by atoms with Gasteiger partial charge in [0, 0.05) is 15.0 Å². The maximum Gasteiger partial charge on any atom is 0.304 e. The fourth-order valence-corrected chi connectivity index (χ4v) is 8.70.